The largest absolute Gasteiger partial charge is 0.484 e. The van der Waals surface area contributed by atoms with Crippen LogP contribution >= 0.6 is 0 Å². The first-order valence-corrected chi connectivity index (χ1v) is 9.62. The number of carbonyl (C=O) groups excluding carboxylic acids is 1. The minimum Gasteiger partial charge on any atom is -0.484 e. The van der Waals surface area contributed by atoms with Crippen molar-refractivity contribution in [1.29, 1.82) is 0 Å². The summed E-state index contributed by atoms with van der Waals surface area (Å²) in [5.41, 5.74) is 1.98. The molecule has 1 fully saturated rings. The Kier molecular flexibility index (Phi) is 5.44. The lowest BCUT2D eigenvalue weighted by Gasteiger charge is -2.34. The van der Waals surface area contributed by atoms with Gasteiger partial charge in [0.1, 0.15) is 5.75 Å². The number of rotatable bonds is 5. The fourth-order valence-corrected chi connectivity index (χ4v) is 3.42. The van der Waals surface area contributed by atoms with E-state index in [1.807, 2.05) is 48.5 Å². The van der Waals surface area contributed by atoms with Crippen LogP contribution in [0.4, 0.5) is 11.4 Å². The molecule has 0 aromatic heterocycles. The molecule has 1 aliphatic rings. The van der Waals surface area contributed by atoms with Crippen LogP contribution in [0.2, 0.25) is 0 Å². The predicted molar refractivity (Wildman–Crippen MR) is 114 cm³/mol. The van der Waals surface area contributed by atoms with Gasteiger partial charge in [-0.3, -0.25) is 4.79 Å². The van der Waals surface area contributed by atoms with Crippen LogP contribution in [-0.2, 0) is 4.79 Å². The second kappa shape index (κ2) is 8.31. The second-order valence-electron chi connectivity index (χ2n) is 7.18. The number of likely N-dealkylation sites (N-methyl/N-ethyl adjacent to an activating group) is 1. The van der Waals surface area contributed by atoms with E-state index < -0.39 is 0 Å². The van der Waals surface area contributed by atoms with Crippen LogP contribution in [0.5, 0.6) is 5.75 Å². The molecule has 0 atom stereocenters. The molecule has 3 aromatic rings. The van der Waals surface area contributed by atoms with Gasteiger partial charge in [0, 0.05) is 37.6 Å². The maximum atomic E-state index is 12.2. The molecule has 4 rings (SSSR count). The van der Waals surface area contributed by atoms with Crippen LogP contribution < -0.4 is 15.0 Å². The molecule has 3 aromatic carbocycles. The van der Waals surface area contributed by atoms with Crippen LogP contribution in [0.25, 0.3) is 10.8 Å². The highest BCUT2D eigenvalue weighted by molar-refractivity contribution is 5.92. The Balaban J connectivity index is 1.30. The molecular formula is C23H25N3O2. The fourth-order valence-electron chi connectivity index (χ4n) is 3.42. The standard InChI is InChI=1S/C23H25N3O2/c1-25-12-14-26(15-13-25)21-9-7-20(8-10-21)24-23(27)17-28-22-11-6-18-4-2-3-5-19(18)16-22/h2-11,16H,12-15,17H2,1H3,(H,24,27). The number of anilines is 2. The molecular weight excluding hydrogens is 350 g/mol. The molecule has 0 unspecified atom stereocenters. The molecule has 0 saturated carbocycles. The Morgan fingerprint density at radius 1 is 0.929 bits per heavy atom. The number of hydrogen-bond acceptors (Lipinski definition) is 4. The molecule has 1 N–H and O–H groups in total. The number of nitrogens with one attached hydrogen (secondary N) is 1. The summed E-state index contributed by atoms with van der Waals surface area (Å²) >= 11 is 0. The first-order valence-electron chi connectivity index (χ1n) is 9.62. The minimum atomic E-state index is -0.166. The minimum absolute atomic E-state index is 0.0153. The first kappa shape index (κ1) is 18.3. The van der Waals surface area contributed by atoms with Crippen LogP contribution in [0.15, 0.2) is 66.7 Å². The van der Waals surface area contributed by atoms with E-state index in [9.17, 15) is 4.79 Å². The molecule has 5 nitrogen and oxygen atoms in total. The molecule has 1 amide bonds. The molecule has 0 bridgehead atoms. The number of ether oxygens (including phenoxy) is 1. The van der Waals surface area contributed by atoms with Crippen LogP contribution in [0, 0.1) is 0 Å². The maximum Gasteiger partial charge on any atom is 0.262 e. The van der Waals surface area contributed by atoms with E-state index in [2.05, 4.69) is 40.4 Å². The third-order valence-electron chi connectivity index (χ3n) is 5.11. The quantitative estimate of drug-likeness (QED) is 0.740. The summed E-state index contributed by atoms with van der Waals surface area (Å²) in [6, 6.07) is 21.9. The van der Waals surface area contributed by atoms with Gasteiger partial charge < -0.3 is 19.9 Å². The van der Waals surface area contributed by atoms with Gasteiger partial charge in [-0.2, -0.15) is 0 Å². The molecule has 144 valence electrons. The zero-order chi connectivity index (χ0) is 19.3. The van der Waals surface area contributed by atoms with Gasteiger partial charge in [0.15, 0.2) is 6.61 Å². The van der Waals surface area contributed by atoms with E-state index in [0.29, 0.717) is 5.75 Å². The van der Waals surface area contributed by atoms with Crippen molar-refractivity contribution in [3.63, 3.8) is 0 Å². The van der Waals surface area contributed by atoms with Gasteiger partial charge in [-0.1, -0.05) is 30.3 Å². The van der Waals surface area contributed by atoms with Crippen molar-refractivity contribution in [3.8, 4) is 5.75 Å². The zero-order valence-corrected chi connectivity index (χ0v) is 16.1. The molecule has 5 heteroatoms. The van der Waals surface area contributed by atoms with Crippen molar-refractivity contribution in [3.05, 3.63) is 66.7 Å². The second-order valence-corrected chi connectivity index (χ2v) is 7.18. The first-order chi connectivity index (χ1) is 13.7. The SMILES string of the molecule is CN1CCN(c2ccc(NC(=O)COc3ccc4ccccc4c3)cc2)CC1. The summed E-state index contributed by atoms with van der Waals surface area (Å²) in [4.78, 5) is 16.9. The van der Waals surface area contributed by atoms with Gasteiger partial charge in [0.05, 0.1) is 0 Å². The summed E-state index contributed by atoms with van der Waals surface area (Å²) in [5, 5.41) is 5.15. The van der Waals surface area contributed by atoms with Crippen LogP contribution in [0.1, 0.15) is 0 Å². The summed E-state index contributed by atoms with van der Waals surface area (Å²) in [6.45, 7) is 4.19. The average Bonchev–Trinajstić information content (AvgIpc) is 2.73. The van der Waals surface area contributed by atoms with Crippen LogP contribution in [-0.4, -0.2) is 50.6 Å². The number of nitrogens with zero attached hydrogens (tertiary/aromatic N) is 2. The van der Waals surface area contributed by atoms with Crippen molar-refractivity contribution >= 4 is 28.1 Å². The highest BCUT2D eigenvalue weighted by atomic mass is 16.5. The Morgan fingerprint density at radius 2 is 1.64 bits per heavy atom. The van der Waals surface area contributed by atoms with Crippen molar-refractivity contribution in [2.75, 3.05) is 50.1 Å². The highest BCUT2D eigenvalue weighted by Gasteiger charge is 2.14. The van der Waals surface area contributed by atoms with Crippen molar-refractivity contribution in [2.45, 2.75) is 0 Å². The van der Waals surface area contributed by atoms with Gasteiger partial charge in [-0.15, -0.1) is 0 Å². The van der Waals surface area contributed by atoms with Gasteiger partial charge in [0.25, 0.3) is 5.91 Å². The molecule has 1 saturated heterocycles. The van der Waals surface area contributed by atoms with E-state index in [1.54, 1.807) is 0 Å². The number of hydrogen-bond donors (Lipinski definition) is 1. The molecule has 28 heavy (non-hydrogen) atoms. The predicted octanol–water partition coefficient (Wildman–Crippen LogP) is 3.61. The van der Waals surface area contributed by atoms with Crippen molar-refractivity contribution in [2.24, 2.45) is 0 Å². The normalized spacial score (nSPS) is 14.8. The Bertz CT molecular complexity index is 947. The topological polar surface area (TPSA) is 44.8 Å². The number of fused-ring (bicyclic) bond motifs is 1. The molecule has 1 aliphatic heterocycles. The Labute approximate surface area is 165 Å². The summed E-state index contributed by atoms with van der Waals surface area (Å²) in [7, 11) is 2.15. The average molecular weight is 375 g/mol. The molecule has 1 heterocycles. The molecule has 0 aliphatic carbocycles. The Morgan fingerprint density at radius 3 is 2.39 bits per heavy atom. The highest BCUT2D eigenvalue weighted by Crippen LogP contribution is 2.21. The van der Waals surface area contributed by atoms with E-state index in [4.69, 9.17) is 4.74 Å². The summed E-state index contributed by atoms with van der Waals surface area (Å²) in [6.07, 6.45) is 0. The van der Waals surface area contributed by atoms with Crippen molar-refractivity contribution < 1.29 is 9.53 Å². The summed E-state index contributed by atoms with van der Waals surface area (Å²) in [5.74, 6) is 0.528. The van der Waals surface area contributed by atoms with E-state index >= 15 is 0 Å². The number of piperazine rings is 1. The lowest BCUT2D eigenvalue weighted by molar-refractivity contribution is -0.118. The van der Waals surface area contributed by atoms with Crippen LogP contribution in [0.3, 0.4) is 0 Å². The van der Waals surface area contributed by atoms with Crippen molar-refractivity contribution in [1.82, 2.24) is 4.90 Å². The fraction of sp³-hybridized carbons (Fsp3) is 0.261. The third kappa shape index (κ3) is 4.43. The van der Waals surface area contributed by atoms with Gasteiger partial charge in [-0.25, -0.2) is 0 Å². The lowest BCUT2D eigenvalue weighted by atomic mass is 10.1. The number of benzene rings is 3. The lowest BCUT2D eigenvalue weighted by Crippen LogP contribution is -2.44. The van der Waals surface area contributed by atoms with E-state index in [1.165, 1.54) is 5.69 Å². The monoisotopic (exact) mass is 375 g/mol. The zero-order valence-electron chi connectivity index (χ0n) is 16.1. The molecule has 0 radical (unpaired) electrons. The van der Waals surface area contributed by atoms with Gasteiger partial charge in [-0.05, 0) is 54.2 Å². The number of amides is 1. The van der Waals surface area contributed by atoms with Gasteiger partial charge >= 0.3 is 0 Å². The smallest absolute Gasteiger partial charge is 0.262 e. The maximum absolute atomic E-state index is 12.2. The third-order valence-corrected chi connectivity index (χ3v) is 5.11. The molecule has 0 spiro atoms. The van der Waals surface area contributed by atoms with E-state index in [-0.39, 0.29) is 12.5 Å². The number of carbonyl (C=O) groups is 1. The van der Waals surface area contributed by atoms with Gasteiger partial charge in [0.2, 0.25) is 0 Å². The summed E-state index contributed by atoms with van der Waals surface area (Å²) < 4.78 is 5.65. The Hall–Kier alpha value is -3.05. The van der Waals surface area contributed by atoms with E-state index in [0.717, 1.165) is 42.6 Å².